The molecule has 0 saturated heterocycles. The monoisotopic (exact) mass is 259 g/mol. The summed E-state index contributed by atoms with van der Waals surface area (Å²) in [6, 6.07) is 5.96. The van der Waals surface area contributed by atoms with E-state index in [1.165, 1.54) is 0 Å². The first-order valence-electron chi connectivity index (χ1n) is 5.78. The first-order valence-corrected chi connectivity index (χ1v) is 6.66. The quantitative estimate of drug-likeness (QED) is 0.785. The predicted molar refractivity (Wildman–Crippen MR) is 72.6 cm³/mol. The molecular formula is C13H13N3OS. The number of nitrogens with two attached hydrogens (primary N) is 1. The van der Waals surface area contributed by atoms with Gasteiger partial charge in [0.25, 0.3) is 0 Å². The molecule has 0 spiro atoms. The molecule has 18 heavy (non-hydrogen) atoms. The molecule has 4 nitrogen and oxygen atoms in total. The van der Waals surface area contributed by atoms with Crippen molar-refractivity contribution in [3.8, 4) is 10.6 Å². The maximum absolute atomic E-state index is 5.53. The summed E-state index contributed by atoms with van der Waals surface area (Å²) in [5.74, 6) is 0.685. The second-order valence-electron chi connectivity index (χ2n) is 4.10. The van der Waals surface area contributed by atoms with Gasteiger partial charge in [-0.15, -0.1) is 11.3 Å². The van der Waals surface area contributed by atoms with E-state index >= 15 is 0 Å². The first-order chi connectivity index (χ1) is 8.76. The number of hydrogen-bond acceptors (Lipinski definition) is 5. The van der Waals surface area contributed by atoms with E-state index in [9.17, 15) is 0 Å². The van der Waals surface area contributed by atoms with Crippen LogP contribution in [0.3, 0.4) is 0 Å². The van der Waals surface area contributed by atoms with Gasteiger partial charge in [-0.2, -0.15) is 0 Å². The minimum Gasteiger partial charge on any atom is -0.441 e. The summed E-state index contributed by atoms with van der Waals surface area (Å²) in [6.07, 6.45) is 0.821. The minimum atomic E-state index is 0.630. The highest BCUT2D eigenvalue weighted by molar-refractivity contribution is 7.13. The smallest absolute Gasteiger partial charge is 0.192 e. The van der Waals surface area contributed by atoms with E-state index in [4.69, 9.17) is 10.2 Å². The highest BCUT2D eigenvalue weighted by Crippen LogP contribution is 2.27. The average molecular weight is 259 g/mol. The van der Waals surface area contributed by atoms with Crippen LogP contribution in [0.25, 0.3) is 21.7 Å². The van der Waals surface area contributed by atoms with Gasteiger partial charge >= 0.3 is 0 Å². The lowest BCUT2D eigenvalue weighted by atomic mass is 10.2. The van der Waals surface area contributed by atoms with Gasteiger partial charge in [0, 0.05) is 24.3 Å². The normalized spacial score (nSPS) is 11.2. The number of aromatic nitrogens is 2. The Balaban J connectivity index is 2.01. The number of thiazole rings is 1. The van der Waals surface area contributed by atoms with Crippen molar-refractivity contribution in [1.29, 1.82) is 0 Å². The molecule has 0 saturated carbocycles. The van der Waals surface area contributed by atoms with E-state index in [1.54, 1.807) is 11.3 Å². The summed E-state index contributed by atoms with van der Waals surface area (Å²) in [5.41, 5.74) is 9.34. The van der Waals surface area contributed by atoms with Gasteiger partial charge in [0.1, 0.15) is 10.5 Å². The Kier molecular flexibility index (Phi) is 2.85. The van der Waals surface area contributed by atoms with Crippen molar-refractivity contribution >= 4 is 22.4 Å². The van der Waals surface area contributed by atoms with Crippen molar-refractivity contribution in [2.45, 2.75) is 13.3 Å². The third-order valence-electron chi connectivity index (χ3n) is 2.69. The molecule has 5 heteroatoms. The molecule has 0 amide bonds. The Morgan fingerprint density at radius 1 is 1.33 bits per heavy atom. The van der Waals surface area contributed by atoms with Crippen LogP contribution in [0.4, 0.5) is 0 Å². The maximum Gasteiger partial charge on any atom is 0.192 e. The van der Waals surface area contributed by atoms with Crippen LogP contribution in [0.15, 0.2) is 28.0 Å². The number of oxazole rings is 1. The number of aryl methyl sites for hydroxylation is 1. The highest BCUT2D eigenvalue weighted by Gasteiger charge is 2.08. The zero-order valence-corrected chi connectivity index (χ0v) is 10.8. The summed E-state index contributed by atoms with van der Waals surface area (Å²) >= 11 is 1.63. The molecule has 0 aliphatic carbocycles. The summed E-state index contributed by atoms with van der Waals surface area (Å²) in [4.78, 5) is 8.90. The van der Waals surface area contributed by atoms with Crippen LogP contribution in [-0.4, -0.2) is 16.5 Å². The van der Waals surface area contributed by atoms with Crippen molar-refractivity contribution in [3.05, 3.63) is 35.2 Å². The lowest BCUT2D eigenvalue weighted by Gasteiger charge is -1.95. The Labute approximate surface area is 108 Å². The van der Waals surface area contributed by atoms with E-state index < -0.39 is 0 Å². The molecule has 2 heterocycles. The van der Waals surface area contributed by atoms with Gasteiger partial charge < -0.3 is 10.2 Å². The van der Waals surface area contributed by atoms with Crippen LogP contribution in [0.5, 0.6) is 0 Å². The molecule has 0 bridgehead atoms. The number of fused-ring (bicyclic) bond motifs is 1. The van der Waals surface area contributed by atoms with Gasteiger partial charge in [-0.3, -0.25) is 0 Å². The molecule has 0 radical (unpaired) electrons. The standard InChI is InChI=1S/C13H13N3OS/c1-8-15-11-6-9(2-3-12(11)17-8)13-16-10(4-5-14)7-18-13/h2-3,6-7H,4-5,14H2,1H3. The van der Waals surface area contributed by atoms with Gasteiger partial charge in [0.15, 0.2) is 11.5 Å². The molecule has 2 N–H and O–H groups in total. The number of benzene rings is 1. The fraction of sp³-hybridized carbons (Fsp3) is 0.231. The van der Waals surface area contributed by atoms with Crippen LogP contribution in [0, 0.1) is 6.92 Å². The molecule has 0 aliphatic heterocycles. The Morgan fingerprint density at radius 2 is 2.22 bits per heavy atom. The third-order valence-corrected chi connectivity index (χ3v) is 3.63. The van der Waals surface area contributed by atoms with E-state index in [1.807, 2.05) is 25.1 Å². The van der Waals surface area contributed by atoms with Crippen molar-refractivity contribution in [2.24, 2.45) is 5.73 Å². The third kappa shape index (κ3) is 2.02. The molecule has 3 rings (SSSR count). The van der Waals surface area contributed by atoms with E-state index in [0.717, 1.165) is 33.8 Å². The molecule has 92 valence electrons. The average Bonchev–Trinajstić information content (AvgIpc) is 2.93. The van der Waals surface area contributed by atoms with Gasteiger partial charge in [-0.25, -0.2) is 9.97 Å². The number of nitrogens with zero attached hydrogens (tertiary/aromatic N) is 2. The Morgan fingerprint density at radius 3 is 3.06 bits per heavy atom. The summed E-state index contributed by atoms with van der Waals surface area (Å²) in [7, 11) is 0. The lowest BCUT2D eigenvalue weighted by molar-refractivity contribution is 0.561. The SMILES string of the molecule is Cc1nc2cc(-c3nc(CCN)cs3)ccc2o1. The van der Waals surface area contributed by atoms with E-state index in [2.05, 4.69) is 15.3 Å². The van der Waals surface area contributed by atoms with Crippen LogP contribution >= 0.6 is 11.3 Å². The fourth-order valence-electron chi connectivity index (χ4n) is 1.88. The minimum absolute atomic E-state index is 0.630. The van der Waals surface area contributed by atoms with E-state index in [0.29, 0.717) is 12.4 Å². The molecule has 0 aliphatic rings. The molecule has 0 fully saturated rings. The summed E-state index contributed by atoms with van der Waals surface area (Å²) in [5, 5.41) is 3.06. The first kappa shape index (κ1) is 11.4. The highest BCUT2D eigenvalue weighted by atomic mass is 32.1. The topological polar surface area (TPSA) is 64.9 Å². The van der Waals surface area contributed by atoms with Crippen molar-refractivity contribution in [3.63, 3.8) is 0 Å². The van der Waals surface area contributed by atoms with Gasteiger partial charge in [-0.1, -0.05) is 0 Å². The van der Waals surface area contributed by atoms with Crippen LogP contribution in [-0.2, 0) is 6.42 Å². The second-order valence-corrected chi connectivity index (χ2v) is 4.96. The van der Waals surface area contributed by atoms with E-state index in [-0.39, 0.29) is 0 Å². The molecule has 0 unspecified atom stereocenters. The predicted octanol–water partition coefficient (Wildman–Crippen LogP) is 2.76. The second kappa shape index (κ2) is 4.51. The van der Waals surface area contributed by atoms with Gasteiger partial charge in [-0.05, 0) is 24.7 Å². The molecule has 3 aromatic rings. The molecule has 0 atom stereocenters. The molecular weight excluding hydrogens is 246 g/mol. The van der Waals surface area contributed by atoms with Crippen LogP contribution < -0.4 is 5.73 Å². The zero-order chi connectivity index (χ0) is 12.5. The molecule has 2 aromatic heterocycles. The van der Waals surface area contributed by atoms with Crippen molar-refractivity contribution < 1.29 is 4.42 Å². The molecule has 1 aromatic carbocycles. The maximum atomic E-state index is 5.53. The number of hydrogen-bond donors (Lipinski definition) is 1. The van der Waals surface area contributed by atoms with Crippen molar-refractivity contribution in [2.75, 3.05) is 6.54 Å². The largest absolute Gasteiger partial charge is 0.441 e. The van der Waals surface area contributed by atoms with Crippen LogP contribution in [0.1, 0.15) is 11.6 Å². The van der Waals surface area contributed by atoms with Gasteiger partial charge in [0.05, 0.1) is 5.69 Å². The van der Waals surface area contributed by atoms with Crippen molar-refractivity contribution in [1.82, 2.24) is 9.97 Å². The lowest BCUT2D eigenvalue weighted by Crippen LogP contribution is -2.02. The fourth-order valence-corrected chi connectivity index (χ4v) is 2.73. The van der Waals surface area contributed by atoms with Crippen LogP contribution in [0.2, 0.25) is 0 Å². The van der Waals surface area contributed by atoms with Gasteiger partial charge in [0.2, 0.25) is 0 Å². The Hall–Kier alpha value is -1.72. The zero-order valence-electron chi connectivity index (χ0n) is 10.0. The number of rotatable bonds is 3. The Bertz CT molecular complexity index is 686. The summed E-state index contributed by atoms with van der Waals surface area (Å²) in [6.45, 7) is 2.48. The summed E-state index contributed by atoms with van der Waals surface area (Å²) < 4.78 is 5.46.